The van der Waals surface area contributed by atoms with Gasteiger partial charge in [0.25, 0.3) is 0 Å². The molecule has 30 heavy (non-hydrogen) atoms. The zero-order valence-corrected chi connectivity index (χ0v) is 17.4. The van der Waals surface area contributed by atoms with Crippen LogP contribution >= 0.6 is 22.9 Å². The molecule has 2 aromatic carbocycles. The number of amides is 1. The number of fused-ring (bicyclic) bond motifs is 1. The Bertz CT molecular complexity index is 1120. The van der Waals surface area contributed by atoms with Crippen molar-refractivity contribution in [3.63, 3.8) is 0 Å². The van der Waals surface area contributed by atoms with Crippen LogP contribution < -0.4 is 10.1 Å². The quantitative estimate of drug-likeness (QED) is 0.475. The molecule has 3 aromatic rings. The number of anilines is 1. The van der Waals surface area contributed by atoms with Crippen LogP contribution in [0.2, 0.25) is 5.02 Å². The average molecular weight is 440 g/mol. The van der Waals surface area contributed by atoms with E-state index >= 15 is 0 Å². The molecule has 4 rings (SSSR count). The first-order valence-electron chi connectivity index (χ1n) is 9.27. The number of benzene rings is 2. The second-order valence-corrected chi connectivity index (χ2v) is 8.32. The standard InChI is InChI=1S/C23H18ClNO4S/c1-2-11-29-16-9-5-13(6-10-16)17-12-18(26)25-20-19(14-3-7-15(24)8-4-14)22(23(27)28)30-21(17)20/h2-10,17H,1,11-12H2,(H,25,26)(H,27,28)/t17-/m0/s1. The SMILES string of the molecule is C=CCOc1ccc([C@@H]2CC(=O)Nc3c2sc(C(=O)O)c3-c2ccc(Cl)cc2)cc1. The lowest BCUT2D eigenvalue weighted by atomic mass is 9.88. The maximum atomic E-state index is 12.5. The van der Waals surface area contributed by atoms with Crippen molar-refractivity contribution in [3.8, 4) is 16.9 Å². The van der Waals surface area contributed by atoms with Crippen LogP contribution in [0.25, 0.3) is 11.1 Å². The molecule has 1 amide bonds. The van der Waals surface area contributed by atoms with E-state index < -0.39 is 5.97 Å². The fourth-order valence-corrected chi connectivity index (χ4v) is 4.92. The van der Waals surface area contributed by atoms with Gasteiger partial charge in [0.15, 0.2) is 0 Å². The number of aromatic carboxylic acids is 1. The van der Waals surface area contributed by atoms with Crippen molar-refractivity contribution in [3.05, 3.63) is 81.5 Å². The summed E-state index contributed by atoms with van der Waals surface area (Å²) in [7, 11) is 0. The number of hydrogen-bond donors (Lipinski definition) is 2. The van der Waals surface area contributed by atoms with Crippen molar-refractivity contribution in [1.29, 1.82) is 0 Å². The van der Waals surface area contributed by atoms with Crippen molar-refractivity contribution >= 4 is 40.5 Å². The minimum Gasteiger partial charge on any atom is -0.490 e. The van der Waals surface area contributed by atoms with Crippen LogP contribution in [0.4, 0.5) is 5.69 Å². The maximum absolute atomic E-state index is 12.5. The molecule has 1 aliphatic heterocycles. The van der Waals surface area contributed by atoms with Gasteiger partial charge in [-0.15, -0.1) is 11.3 Å². The van der Waals surface area contributed by atoms with Crippen LogP contribution in [0.3, 0.4) is 0 Å². The third kappa shape index (κ3) is 3.84. The van der Waals surface area contributed by atoms with Crippen LogP contribution in [0.1, 0.15) is 32.5 Å². The fraction of sp³-hybridized carbons (Fsp3) is 0.130. The Hall–Kier alpha value is -3.09. The van der Waals surface area contributed by atoms with E-state index in [-0.39, 0.29) is 23.1 Å². The van der Waals surface area contributed by atoms with Gasteiger partial charge in [-0.05, 0) is 35.4 Å². The van der Waals surface area contributed by atoms with E-state index in [1.165, 1.54) is 11.3 Å². The minimum absolute atomic E-state index is 0.149. The van der Waals surface area contributed by atoms with Crippen molar-refractivity contribution in [2.24, 2.45) is 0 Å². The summed E-state index contributed by atoms with van der Waals surface area (Å²) in [4.78, 5) is 25.5. The van der Waals surface area contributed by atoms with Crippen LogP contribution in [0.5, 0.6) is 5.75 Å². The van der Waals surface area contributed by atoms with E-state index in [1.54, 1.807) is 30.3 Å². The van der Waals surface area contributed by atoms with Gasteiger partial charge in [0.2, 0.25) is 5.91 Å². The third-order valence-electron chi connectivity index (χ3n) is 4.88. The molecule has 5 nitrogen and oxygen atoms in total. The van der Waals surface area contributed by atoms with Gasteiger partial charge in [0, 0.05) is 27.8 Å². The van der Waals surface area contributed by atoms with Crippen molar-refractivity contribution in [1.82, 2.24) is 0 Å². The Morgan fingerprint density at radius 3 is 2.57 bits per heavy atom. The molecule has 1 aromatic heterocycles. The number of carboxylic acid groups (broad SMARTS) is 1. The van der Waals surface area contributed by atoms with Gasteiger partial charge in [-0.25, -0.2) is 4.79 Å². The number of rotatable bonds is 6. The summed E-state index contributed by atoms with van der Waals surface area (Å²) in [5, 5.41) is 13.3. The molecule has 0 radical (unpaired) electrons. The Morgan fingerprint density at radius 2 is 1.93 bits per heavy atom. The average Bonchev–Trinajstić information content (AvgIpc) is 3.12. The third-order valence-corrected chi connectivity index (χ3v) is 6.43. The van der Waals surface area contributed by atoms with Gasteiger partial charge in [-0.2, -0.15) is 0 Å². The van der Waals surface area contributed by atoms with Gasteiger partial charge < -0.3 is 15.2 Å². The second kappa shape index (κ2) is 8.34. The van der Waals surface area contributed by atoms with E-state index in [4.69, 9.17) is 16.3 Å². The predicted octanol–water partition coefficient (Wildman–Crippen LogP) is 5.81. The summed E-state index contributed by atoms with van der Waals surface area (Å²) < 4.78 is 5.53. The highest BCUT2D eigenvalue weighted by molar-refractivity contribution is 7.15. The first-order chi connectivity index (χ1) is 14.5. The van der Waals surface area contributed by atoms with E-state index in [0.29, 0.717) is 34.2 Å². The van der Waals surface area contributed by atoms with Crippen molar-refractivity contribution in [2.75, 3.05) is 11.9 Å². The van der Waals surface area contributed by atoms with Gasteiger partial charge in [-0.1, -0.05) is 48.5 Å². The molecule has 1 atom stereocenters. The van der Waals surface area contributed by atoms with Crippen LogP contribution in [0.15, 0.2) is 61.2 Å². The molecule has 0 saturated carbocycles. The van der Waals surface area contributed by atoms with Crippen molar-refractivity contribution in [2.45, 2.75) is 12.3 Å². The van der Waals surface area contributed by atoms with Gasteiger partial charge >= 0.3 is 5.97 Å². The molecular formula is C23H18ClNO4S. The Kier molecular flexibility index (Phi) is 5.61. The van der Waals surface area contributed by atoms with Gasteiger partial charge in [-0.3, -0.25) is 4.79 Å². The normalized spacial score (nSPS) is 15.2. The zero-order valence-electron chi connectivity index (χ0n) is 15.9. The van der Waals surface area contributed by atoms with Crippen LogP contribution in [0, 0.1) is 0 Å². The molecule has 0 spiro atoms. The summed E-state index contributed by atoms with van der Waals surface area (Å²) in [6.07, 6.45) is 1.92. The molecule has 0 saturated heterocycles. The Labute approximate surface area is 182 Å². The highest BCUT2D eigenvalue weighted by atomic mass is 35.5. The molecule has 7 heteroatoms. The largest absolute Gasteiger partial charge is 0.490 e. The fourth-order valence-electron chi connectivity index (χ4n) is 3.55. The number of carbonyl (C=O) groups excluding carboxylic acids is 1. The zero-order chi connectivity index (χ0) is 21.3. The molecular weight excluding hydrogens is 422 g/mol. The lowest BCUT2D eigenvalue weighted by Gasteiger charge is -2.24. The number of halogens is 1. The number of hydrogen-bond acceptors (Lipinski definition) is 4. The van der Waals surface area contributed by atoms with Gasteiger partial charge in [0.1, 0.15) is 17.2 Å². The number of ether oxygens (including phenoxy) is 1. The monoisotopic (exact) mass is 439 g/mol. The first kappa shape index (κ1) is 20.2. The summed E-state index contributed by atoms with van der Waals surface area (Å²) in [5.74, 6) is -0.699. The van der Waals surface area contributed by atoms with Gasteiger partial charge in [0.05, 0.1) is 5.69 Å². The molecule has 152 valence electrons. The summed E-state index contributed by atoms with van der Waals surface area (Å²) >= 11 is 7.19. The molecule has 0 aliphatic carbocycles. The summed E-state index contributed by atoms with van der Waals surface area (Å²) in [6.45, 7) is 4.04. The number of carboxylic acids is 1. The molecule has 1 aliphatic rings. The minimum atomic E-state index is -1.03. The summed E-state index contributed by atoms with van der Waals surface area (Å²) in [6, 6.07) is 14.4. The molecule has 2 N–H and O–H groups in total. The Morgan fingerprint density at radius 1 is 1.23 bits per heavy atom. The van der Waals surface area contributed by atoms with E-state index in [9.17, 15) is 14.7 Å². The van der Waals surface area contributed by atoms with Crippen LogP contribution in [-0.2, 0) is 4.79 Å². The molecule has 0 bridgehead atoms. The van der Waals surface area contributed by atoms with Crippen molar-refractivity contribution < 1.29 is 19.4 Å². The van der Waals surface area contributed by atoms with E-state index in [1.807, 2.05) is 24.3 Å². The molecule has 0 unspecified atom stereocenters. The summed E-state index contributed by atoms with van der Waals surface area (Å²) in [5.41, 5.74) is 2.71. The predicted molar refractivity (Wildman–Crippen MR) is 119 cm³/mol. The van der Waals surface area contributed by atoms with Crippen LogP contribution in [-0.4, -0.2) is 23.6 Å². The lowest BCUT2D eigenvalue weighted by Crippen LogP contribution is -2.22. The first-order valence-corrected chi connectivity index (χ1v) is 10.5. The highest BCUT2D eigenvalue weighted by Crippen LogP contribution is 2.49. The highest BCUT2D eigenvalue weighted by Gasteiger charge is 2.34. The molecule has 0 fully saturated rings. The number of nitrogens with one attached hydrogen (secondary N) is 1. The lowest BCUT2D eigenvalue weighted by molar-refractivity contribution is -0.116. The number of thiophene rings is 1. The number of carbonyl (C=O) groups is 2. The maximum Gasteiger partial charge on any atom is 0.346 e. The topological polar surface area (TPSA) is 75.6 Å². The molecule has 2 heterocycles. The Balaban J connectivity index is 1.80. The van der Waals surface area contributed by atoms with E-state index in [2.05, 4.69) is 11.9 Å². The van der Waals surface area contributed by atoms with E-state index in [0.717, 1.165) is 10.4 Å². The smallest absolute Gasteiger partial charge is 0.346 e. The second-order valence-electron chi connectivity index (χ2n) is 6.83.